The molecule has 106 heavy (non-hydrogen) atoms. The topological polar surface area (TPSA) is 243 Å². The van der Waals surface area contributed by atoms with Crippen LogP contribution in [0.3, 0.4) is 0 Å². The Labute approximate surface area is 640 Å². The molecule has 3 aromatic heterocycles. The van der Waals surface area contributed by atoms with E-state index in [4.69, 9.17) is 58.5 Å². The summed E-state index contributed by atoms with van der Waals surface area (Å²) in [7, 11) is -8.46. The fraction of sp³-hybridized carbons (Fsp3) is 0.566. The molecule has 30 heteroatoms. The Kier molecular flexibility index (Phi) is 27.5. The van der Waals surface area contributed by atoms with Crippen molar-refractivity contribution in [1.82, 2.24) is 43.8 Å². The minimum Gasteiger partial charge on any atom is -0.495 e. The Bertz CT molecular complexity index is 4040. The molecule has 6 aromatic rings. The van der Waals surface area contributed by atoms with Crippen LogP contribution >= 0.6 is 34.8 Å². The van der Waals surface area contributed by atoms with Crippen LogP contribution < -0.4 is 52.6 Å². The van der Waals surface area contributed by atoms with Crippen molar-refractivity contribution < 1.29 is 53.3 Å². The van der Waals surface area contributed by atoms with E-state index in [1.165, 1.54) is 58.1 Å². The monoisotopic (exact) mass is 1580 g/mol. The number of halogens is 4. The zero-order chi connectivity index (χ0) is 74.5. The minimum atomic E-state index is -3.95. The molecule has 3 aliphatic heterocycles. The Morgan fingerprint density at radius 1 is 0.415 bits per heavy atom. The Balaban J connectivity index is 0.000000149. The molecule has 14 rings (SSSR count). The largest absolute Gasteiger partial charge is 0.495 e. The normalized spacial score (nSPS) is 23.0. The molecule has 0 atom stereocenters. The number of aromatic nitrogens is 3. The van der Waals surface area contributed by atoms with Crippen LogP contribution in [0.2, 0.25) is 15.1 Å². The van der Waals surface area contributed by atoms with E-state index >= 15 is 0 Å². The number of hydrogen-bond acceptors (Lipinski definition) is 20. The average molecular weight is 1580 g/mol. The molecule has 5 saturated carbocycles. The third-order valence-corrected chi connectivity index (χ3v) is 26.7. The number of benzene rings is 3. The number of sulfonamides is 3. The van der Waals surface area contributed by atoms with E-state index < -0.39 is 40.8 Å². The highest BCUT2D eigenvalue weighted by Crippen LogP contribution is 2.38. The summed E-state index contributed by atoms with van der Waals surface area (Å²) in [5, 5.41) is 0.927. The Morgan fingerprint density at radius 3 is 1.06 bits per heavy atom. The molecule has 8 fully saturated rings. The van der Waals surface area contributed by atoms with Gasteiger partial charge in [-0.3, -0.25) is 14.7 Å². The van der Waals surface area contributed by atoms with Gasteiger partial charge in [0.2, 0.25) is 30.1 Å². The summed E-state index contributed by atoms with van der Waals surface area (Å²) in [5.74, 6) is 6.61. The maximum absolute atomic E-state index is 14.1. The lowest BCUT2D eigenvalue weighted by Crippen LogP contribution is -2.52. The van der Waals surface area contributed by atoms with Gasteiger partial charge in [0.1, 0.15) is 32.0 Å². The van der Waals surface area contributed by atoms with Gasteiger partial charge in [-0.05, 0) is 219 Å². The summed E-state index contributed by atoms with van der Waals surface area (Å²) >= 11 is 18.0. The second kappa shape index (κ2) is 36.6. The van der Waals surface area contributed by atoms with Gasteiger partial charge in [0.25, 0.3) is 0 Å². The van der Waals surface area contributed by atoms with E-state index in [1.54, 1.807) is 30.5 Å². The van der Waals surface area contributed by atoms with Crippen molar-refractivity contribution >= 4 is 82.3 Å². The molecule has 0 radical (unpaired) electrons. The lowest BCUT2D eigenvalue weighted by molar-refractivity contribution is 0.139. The summed E-state index contributed by atoms with van der Waals surface area (Å²) in [6, 6.07) is 25.7. The van der Waals surface area contributed by atoms with Gasteiger partial charge in [-0.2, -0.15) is 0 Å². The first-order valence-corrected chi connectivity index (χ1v) is 43.1. The van der Waals surface area contributed by atoms with E-state index in [9.17, 15) is 29.6 Å². The molecule has 6 heterocycles. The van der Waals surface area contributed by atoms with Crippen LogP contribution in [0.5, 0.6) is 28.7 Å². The second-order valence-corrected chi connectivity index (χ2v) is 35.6. The SMILES string of the molecule is CC(C)Oc1cccnc1N1CCN(C2CCC(NS(=O)(=O)c3cc(Cl)ccc3F)CC2)CC1.COc1ccc(Cl)cc1S(=O)(=O)NC1CCC(N2CCN(c3ncccc3OCC3CC3)CC2)CC1.COc1ccc(Cl)cc1S(=O)(=O)NC1CCC(N2CCN(c3ncccc3OCC3CC3)CC2)CC1. The quantitative estimate of drug-likeness (QED) is 0.0482. The van der Waals surface area contributed by atoms with Crippen LogP contribution in [-0.2, 0) is 30.1 Å². The van der Waals surface area contributed by atoms with Gasteiger partial charge in [-0.1, -0.05) is 34.8 Å². The average Bonchev–Trinajstić information content (AvgIpc) is 1.45. The van der Waals surface area contributed by atoms with E-state index in [0.717, 1.165) is 216 Å². The molecule has 0 amide bonds. The molecule has 0 unspecified atom stereocenters. The number of nitrogens with one attached hydrogen (secondary N) is 3. The number of piperazine rings is 3. The Morgan fingerprint density at radius 2 is 0.726 bits per heavy atom. The highest BCUT2D eigenvalue weighted by atomic mass is 35.5. The van der Waals surface area contributed by atoms with Crippen LogP contribution in [0, 0.1) is 17.7 Å². The third-order valence-electron chi connectivity index (χ3n) is 21.4. The number of pyridine rings is 3. The van der Waals surface area contributed by atoms with Gasteiger partial charge in [0, 0.05) is 148 Å². The van der Waals surface area contributed by atoms with Crippen LogP contribution in [0.1, 0.15) is 117 Å². The molecular formula is C76H102Cl3FN12O11S3. The summed E-state index contributed by atoms with van der Waals surface area (Å²) in [4.78, 5) is 28.1. The number of methoxy groups -OCH3 is 2. The smallest absolute Gasteiger partial charge is 0.244 e. The van der Waals surface area contributed by atoms with Crippen molar-refractivity contribution in [3.63, 3.8) is 0 Å². The first-order chi connectivity index (χ1) is 51.1. The minimum absolute atomic E-state index is 0.0871. The van der Waals surface area contributed by atoms with Gasteiger partial charge in [-0.25, -0.2) is 58.8 Å². The third kappa shape index (κ3) is 21.5. The Hall–Kier alpha value is -6.08. The van der Waals surface area contributed by atoms with Crippen molar-refractivity contribution in [1.29, 1.82) is 0 Å². The van der Waals surface area contributed by atoms with Gasteiger partial charge in [0.05, 0.1) is 33.5 Å². The summed E-state index contributed by atoms with van der Waals surface area (Å²) in [5.41, 5.74) is 0. The fourth-order valence-corrected chi connectivity index (χ4v) is 20.4. The van der Waals surface area contributed by atoms with Crippen molar-refractivity contribution in [2.24, 2.45) is 11.8 Å². The van der Waals surface area contributed by atoms with E-state index in [0.29, 0.717) is 51.5 Å². The second-order valence-electron chi connectivity index (χ2n) is 29.3. The standard InChI is InChI=1S/2C26H35ClN4O4S.C24H32ClFN4O3S/c2*1-34-23-11-6-20(27)17-25(23)36(32,33)29-21-7-9-22(10-8-21)30-13-15-31(16-14-30)26-24(3-2-12-28-26)35-18-19-4-5-19;1-17(2)33-22-4-3-11-27-24(22)30-14-12-29(13-15-30)20-8-6-19(7-9-20)28-34(31,32)23-16-18(25)5-10-21(23)26/h2*2-3,6,11-12,17,19,21-22,29H,4-5,7-10,13-16,18H2,1H3;3-5,10-11,16-17,19-20,28H,6-9,12-15H2,1-2H3. The van der Waals surface area contributed by atoms with E-state index in [2.05, 4.69) is 58.5 Å². The zero-order valence-electron chi connectivity index (χ0n) is 61.1. The van der Waals surface area contributed by atoms with Gasteiger partial charge in [-0.15, -0.1) is 0 Å². The van der Waals surface area contributed by atoms with Crippen LogP contribution in [0.4, 0.5) is 21.8 Å². The lowest BCUT2D eigenvalue weighted by Gasteiger charge is -2.42. The van der Waals surface area contributed by atoms with Gasteiger partial charge >= 0.3 is 0 Å². The molecule has 3 saturated heterocycles. The first-order valence-electron chi connectivity index (χ1n) is 37.5. The maximum atomic E-state index is 14.1. The molecule has 0 bridgehead atoms. The summed E-state index contributed by atoms with van der Waals surface area (Å²) in [6.45, 7) is 16.7. The van der Waals surface area contributed by atoms with Crippen LogP contribution in [0.15, 0.2) is 124 Å². The first kappa shape index (κ1) is 79.5. The number of ether oxygens (including phenoxy) is 5. The van der Waals surface area contributed by atoms with E-state index in [-0.39, 0.29) is 39.0 Å². The molecule has 23 nitrogen and oxygen atoms in total. The summed E-state index contributed by atoms with van der Waals surface area (Å²) < 4.78 is 129. The number of anilines is 3. The van der Waals surface area contributed by atoms with Crippen molar-refractivity contribution in [3.05, 3.63) is 130 Å². The van der Waals surface area contributed by atoms with Crippen molar-refractivity contribution in [2.75, 3.05) is 121 Å². The van der Waals surface area contributed by atoms with Crippen LogP contribution in [0.25, 0.3) is 0 Å². The maximum Gasteiger partial charge on any atom is 0.244 e. The highest BCUT2D eigenvalue weighted by Gasteiger charge is 2.37. The fourth-order valence-electron chi connectivity index (χ4n) is 15.2. The lowest BCUT2D eigenvalue weighted by atomic mass is 9.90. The highest BCUT2D eigenvalue weighted by molar-refractivity contribution is 7.90. The molecule has 578 valence electrons. The molecule has 0 spiro atoms. The zero-order valence-corrected chi connectivity index (χ0v) is 65.8. The number of nitrogens with zero attached hydrogens (tertiary/aromatic N) is 9. The van der Waals surface area contributed by atoms with Gasteiger partial charge < -0.3 is 38.4 Å². The van der Waals surface area contributed by atoms with Crippen LogP contribution in [-0.4, -0.2) is 203 Å². The predicted octanol–water partition coefficient (Wildman–Crippen LogP) is 12.0. The number of rotatable bonds is 25. The van der Waals surface area contributed by atoms with Crippen molar-refractivity contribution in [2.45, 2.75) is 174 Å². The van der Waals surface area contributed by atoms with Gasteiger partial charge in [0.15, 0.2) is 34.7 Å². The predicted molar refractivity (Wildman–Crippen MR) is 413 cm³/mol. The van der Waals surface area contributed by atoms with Crippen molar-refractivity contribution in [3.8, 4) is 28.7 Å². The molecule has 5 aliphatic carbocycles. The molecular weight excluding hydrogens is 1480 g/mol. The summed E-state index contributed by atoms with van der Waals surface area (Å²) in [6.07, 6.45) is 21.0. The number of hydrogen-bond donors (Lipinski definition) is 3. The molecule has 8 aliphatic rings. The molecule has 3 N–H and O–H groups in total. The van der Waals surface area contributed by atoms with E-state index in [1.807, 2.05) is 62.6 Å². The molecule has 3 aromatic carbocycles.